The van der Waals surface area contributed by atoms with Crippen molar-refractivity contribution in [1.82, 2.24) is 0 Å². The number of benzene rings is 3. The highest BCUT2D eigenvalue weighted by Crippen LogP contribution is 2.32. The molecule has 21 heavy (non-hydrogen) atoms. The topological polar surface area (TPSA) is 0 Å². The van der Waals surface area contributed by atoms with E-state index in [0.29, 0.717) is 10.0 Å². The summed E-state index contributed by atoms with van der Waals surface area (Å²) in [6.07, 6.45) is 0. The lowest BCUT2D eigenvalue weighted by Gasteiger charge is -2.07. The lowest BCUT2D eigenvalue weighted by Crippen LogP contribution is -1.82. The van der Waals surface area contributed by atoms with Crippen LogP contribution in [-0.4, -0.2) is 0 Å². The van der Waals surface area contributed by atoms with Gasteiger partial charge in [-0.2, -0.15) is 0 Å². The van der Waals surface area contributed by atoms with Gasteiger partial charge in [0.15, 0.2) is 0 Å². The van der Waals surface area contributed by atoms with Crippen molar-refractivity contribution in [3.05, 3.63) is 81.8 Å². The zero-order chi connectivity index (χ0) is 14.8. The molecule has 3 aromatic carbocycles. The molecule has 0 atom stereocenters. The monoisotopic (exact) mass is 332 g/mol. The molecular weight excluding hydrogens is 323 g/mol. The molecular formula is C18H11Cl3. The Kier molecular flexibility index (Phi) is 4.21. The first-order chi connectivity index (χ1) is 10.1. The largest absolute Gasteiger partial charge is 0.0843 e. The predicted octanol–water partition coefficient (Wildman–Crippen LogP) is 6.98. The van der Waals surface area contributed by atoms with Crippen molar-refractivity contribution < 1.29 is 0 Å². The van der Waals surface area contributed by atoms with Gasteiger partial charge in [0.1, 0.15) is 0 Å². The molecule has 0 aromatic heterocycles. The van der Waals surface area contributed by atoms with Crippen LogP contribution in [0.15, 0.2) is 66.7 Å². The van der Waals surface area contributed by atoms with Crippen molar-refractivity contribution in [3.8, 4) is 22.3 Å². The lowest BCUT2D eigenvalue weighted by atomic mass is 10.0. The lowest BCUT2D eigenvalue weighted by molar-refractivity contribution is 1.59. The average molecular weight is 334 g/mol. The smallest absolute Gasteiger partial charge is 0.0485 e. The molecule has 0 aliphatic carbocycles. The fraction of sp³-hybridized carbons (Fsp3) is 0. The van der Waals surface area contributed by atoms with Gasteiger partial charge in [-0.1, -0.05) is 71.2 Å². The molecule has 3 rings (SSSR count). The zero-order valence-electron chi connectivity index (χ0n) is 11.0. The molecule has 3 heteroatoms. The second-order valence-electron chi connectivity index (χ2n) is 4.71. The van der Waals surface area contributed by atoms with Gasteiger partial charge in [-0.15, -0.1) is 0 Å². The Labute approximate surface area is 138 Å². The Bertz CT molecular complexity index is 759. The Morgan fingerprint density at radius 3 is 1.57 bits per heavy atom. The maximum Gasteiger partial charge on any atom is 0.0485 e. The van der Waals surface area contributed by atoms with Gasteiger partial charge in [0.05, 0.1) is 0 Å². The molecule has 3 aromatic rings. The molecule has 0 saturated heterocycles. The van der Waals surface area contributed by atoms with E-state index in [9.17, 15) is 0 Å². The summed E-state index contributed by atoms with van der Waals surface area (Å²) in [6.45, 7) is 0. The van der Waals surface area contributed by atoms with E-state index in [-0.39, 0.29) is 0 Å². The number of rotatable bonds is 2. The minimum atomic E-state index is 0.677. The van der Waals surface area contributed by atoms with Crippen molar-refractivity contribution in [2.75, 3.05) is 0 Å². The summed E-state index contributed by atoms with van der Waals surface area (Å²) in [4.78, 5) is 0. The van der Waals surface area contributed by atoms with Crippen LogP contribution in [0, 0.1) is 0 Å². The van der Waals surface area contributed by atoms with E-state index >= 15 is 0 Å². The summed E-state index contributed by atoms with van der Waals surface area (Å²) in [7, 11) is 0. The second kappa shape index (κ2) is 6.11. The number of hydrogen-bond acceptors (Lipinski definition) is 0. The zero-order valence-corrected chi connectivity index (χ0v) is 13.3. The van der Waals surface area contributed by atoms with E-state index in [1.807, 2.05) is 48.5 Å². The average Bonchev–Trinajstić information content (AvgIpc) is 2.51. The van der Waals surface area contributed by atoms with Crippen LogP contribution < -0.4 is 0 Å². The van der Waals surface area contributed by atoms with Crippen molar-refractivity contribution >= 4 is 34.8 Å². The van der Waals surface area contributed by atoms with Crippen molar-refractivity contribution in [2.24, 2.45) is 0 Å². The molecule has 0 nitrogen and oxygen atoms in total. The van der Waals surface area contributed by atoms with Gasteiger partial charge >= 0.3 is 0 Å². The third-order valence-corrected chi connectivity index (χ3v) is 4.12. The standard InChI is InChI=1S/C18H11Cl3/c19-15-7-5-13(6-8-15)12-1-3-14(4-2-12)17-11-16(20)9-10-18(17)21/h1-11H. The minimum Gasteiger partial charge on any atom is -0.0843 e. The summed E-state index contributed by atoms with van der Waals surface area (Å²) >= 11 is 18.2. The molecule has 0 spiro atoms. The van der Waals surface area contributed by atoms with Crippen molar-refractivity contribution in [2.45, 2.75) is 0 Å². The third kappa shape index (κ3) is 3.24. The molecule has 0 heterocycles. The molecule has 0 N–H and O–H groups in total. The first-order valence-electron chi connectivity index (χ1n) is 6.45. The van der Waals surface area contributed by atoms with Gasteiger partial charge in [0, 0.05) is 20.6 Å². The van der Waals surface area contributed by atoms with Gasteiger partial charge < -0.3 is 0 Å². The molecule has 0 amide bonds. The Morgan fingerprint density at radius 1 is 0.476 bits per heavy atom. The molecule has 0 radical (unpaired) electrons. The summed E-state index contributed by atoms with van der Waals surface area (Å²) in [5, 5.41) is 2.11. The fourth-order valence-electron chi connectivity index (χ4n) is 2.20. The predicted molar refractivity (Wildman–Crippen MR) is 92.3 cm³/mol. The quantitative estimate of drug-likeness (QED) is 0.474. The summed E-state index contributed by atoms with van der Waals surface area (Å²) < 4.78 is 0. The van der Waals surface area contributed by atoms with Crippen molar-refractivity contribution in [1.29, 1.82) is 0 Å². The summed E-state index contributed by atoms with van der Waals surface area (Å²) in [5.41, 5.74) is 4.24. The van der Waals surface area contributed by atoms with Crippen LogP contribution in [0.5, 0.6) is 0 Å². The first-order valence-corrected chi connectivity index (χ1v) is 7.58. The highest BCUT2D eigenvalue weighted by atomic mass is 35.5. The second-order valence-corrected chi connectivity index (χ2v) is 5.99. The third-order valence-electron chi connectivity index (χ3n) is 3.30. The molecule has 0 bridgehead atoms. The van der Waals surface area contributed by atoms with Gasteiger partial charge in [0.2, 0.25) is 0 Å². The molecule has 0 aliphatic heterocycles. The Hall–Kier alpha value is -1.47. The van der Waals surface area contributed by atoms with Crippen LogP contribution in [0.3, 0.4) is 0 Å². The SMILES string of the molecule is Clc1ccc(-c2ccc(-c3cc(Cl)ccc3Cl)cc2)cc1. The normalized spacial score (nSPS) is 10.6. The molecule has 0 fully saturated rings. The Morgan fingerprint density at radius 2 is 0.952 bits per heavy atom. The van der Waals surface area contributed by atoms with Crippen LogP contribution in [-0.2, 0) is 0 Å². The van der Waals surface area contributed by atoms with E-state index in [4.69, 9.17) is 34.8 Å². The van der Waals surface area contributed by atoms with Crippen LogP contribution in [0.25, 0.3) is 22.3 Å². The molecule has 0 aliphatic rings. The highest BCUT2D eigenvalue weighted by molar-refractivity contribution is 6.35. The highest BCUT2D eigenvalue weighted by Gasteiger charge is 2.05. The van der Waals surface area contributed by atoms with Crippen LogP contribution >= 0.6 is 34.8 Å². The fourth-order valence-corrected chi connectivity index (χ4v) is 2.73. The van der Waals surface area contributed by atoms with Gasteiger partial charge in [-0.05, 0) is 47.0 Å². The number of hydrogen-bond donors (Lipinski definition) is 0. The summed E-state index contributed by atoms with van der Waals surface area (Å²) in [5.74, 6) is 0. The van der Waals surface area contributed by atoms with Gasteiger partial charge in [-0.3, -0.25) is 0 Å². The molecule has 0 saturated carbocycles. The van der Waals surface area contributed by atoms with E-state index < -0.39 is 0 Å². The maximum absolute atomic E-state index is 6.23. The van der Waals surface area contributed by atoms with Crippen LogP contribution in [0.1, 0.15) is 0 Å². The van der Waals surface area contributed by atoms with E-state index in [1.54, 1.807) is 6.07 Å². The van der Waals surface area contributed by atoms with E-state index in [1.165, 1.54) is 0 Å². The van der Waals surface area contributed by atoms with Crippen LogP contribution in [0.4, 0.5) is 0 Å². The van der Waals surface area contributed by atoms with Crippen molar-refractivity contribution in [3.63, 3.8) is 0 Å². The van der Waals surface area contributed by atoms with Crippen LogP contribution in [0.2, 0.25) is 15.1 Å². The van der Waals surface area contributed by atoms with Gasteiger partial charge in [0.25, 0.3) is 0 Å². The molecule has 0 unspecified atom stereocenters. The molecule has 104 valence electrons. The Balaban J connectivity index is 1.97. The minimum absolute atomic E-state index is 0.677. The van der Waals surface area contributed by atoms with E-state index in [2.05, 4.69) is 12.1 Å². The van der Waals surface area contributed by atoms with Gasteiger partial charge in [-0.25, -0.2) is 0 Å². The maximum atomic E-state index is 6.23. The first kappa shape index (κ1) is 14.5. The van der Waals surface area contributed by atoms with E-state index in [0.717, 1.165) is 27.3 Å². The summed E-state index contributed by atoms with van der Waals surface area (Å²) in [6, 6.07) is 21.5. The number of halogens is 3.